The third kappa shape index (κ3) is 7.57. The van der Waals surface area contributed by atoms with E-state index in [0.717, 1.165) is 44.1 Å². The van der Waals surface area contributed by atoms with Gasteiger partial charge in [0.25, 0.3) is 0 Å². The topological polar surface area (TPSA) is 71.4 Å². The number of nitrogens with zero attached hydrogens (tertiary/aromatic N) is 1. The summed E-state index contributed by atoms with van der Waals surface area (Å²) in [6, 6.07) is 21.3. The van der Waals surface area contributed by atoms with Crippen LogP contribution >= 0.6 is 0 Å². The number of aliphatic hydroxyl groups is 2. The fourth-order valence-corrected chi connectivity index (χ4v) is 6.41. The lowest BCUT2D eigenvalue weighted by Gasteiger charge is -2.34. The molecule has 2 aliphatic rings. The van der Waals surface area contributed by atoms with E-state index in [1.807, 2.05) is 30.0 Å². The molecular formula is C35H44FNO5. The molecule has 0 spiro atoms. The number of aryl methyl sites for hydroxylation is 2. The molecule has 2 aliphatic carbocycles. The monoisotopic (exact) mass is 577 g/mol. The minimum Gasteiger partial charge on any atom is -0.494 e. The quantitative estimate of drug-likeness (QED) is 0.256. The Bertz CT molecular complexity index is 1230. The first kappa shape index (κ1) is 30.6. The molecular weight excluding hydrogens is 533 g/mol. The molecule has 0 amide bonds. The van der Waals surface area contributed by atoms with Gasteiger partial charge in [-0.1, -0.05) is 54.6 Å². The number of benzene rings is 3. The number of rotatable bonds is 13. The Labute approximate surface area is 249 Å². The first-order chi connectivity index (χ1) is 20.4. The first-order valence-corrected chi connectivity index (χ1v) is 15.2. The Hall–Kier alpha value is -2.81. The average Bonchev–Trinajstić information content (AvgIpc) is 3.02. The molecule has 0 bridgehead atoms. The van der Waals surface area contributed by atoms with Crippen molar-refractivity contribution in [2.75, 3.05) is 33.4 Å². The number of ether oxygens (including phenoxy) is 3. The van der Waals surface area contributed by atoms with Crippen LogP contribution in [0.5, 0.6) is 5.75 Å². The second kappa shape index (κ2) is 14.6. The van der Waals surface area contributed by atoms with Crippen LogP contribution in [0.4, 0.5) is 4.39 Å². The molecule has 5 atom stereocenters. The molecule has 0 saturated heterocycles. The third-order valence-corrected chi connectivity index (χ3v) is 8.70. The summed E-state index contributed by atoms with van der Waals surface area (Å²) in [7, 11) is 1.44. The summed E-state index contributed by atoms with van der Waals surface area (Å²) in [5.74, 6) is -0.263. The van der Waals surface area contributed by atoms with E-state index in [9.17, 15) is 14.6 Å². The van der Waals surface area contributed by atoms with Crippen LogP contribution in [0.25, 0.3) is 0 Å². The molecule has 6 nitrogen and oxygen atoms in total. The highest BCUT2D eigenvalue weighted by Gasteiger charge is 2.27. The van der Waals surface area contributed by atoms with Crippen molar-refractivity contribution in [2.45, 2.75) is 75.9 Å². The molecule has 2 N–H and O–H groups in total. The van der Waals surface area contributed by atoms with Crippen LogP contribution in [0.15, 0.2) is 66.7 Å². The van der Waals surface area contributed by atoms with E-state index in [0.29, 0.717) is 0 Å². The predicted octanol–water partition coefficient (Wildman–Crippen LogP) is 6.11. The molecule has 0 fully saturated rings. The highest BCUT2D eigenvalue weighted by molar-refractivity contribution is 5.33. The van der Waals surface area contributed by atoms with Crippen LogP contribution in [0.1, 0.15) is 78.7 Å². The van der Waals surface area contributed by atoms with Crippen LogP contribution in [0.2, 0.25) is 0 Å². The molecule has 3 aromatic rings. The van der Waals surface area contributed by atoms with Crippen molar-refractivity contribution in [1.82, 2.24) is 4.90 Å². The van der Waals surface area contributed by atoms with Gasteiger partial charge in [-0.15, -0.1) is 0 Å². The Morgan fingerprint density at radius 1 is 0.810 bits per heavy atom. The van der Waals surface area contributed by atoms with Crippen molar-refractivity contribution < 1.29 is 28.8 Å². The van der Waals surface area contributed by atoms with Crippen LogP contribution < -0.4 is 4.74 Å². The predicted molar refractivity (Wildman–Crippen MR) is 161 cm³/mol. The van der Waals surface area contributed by atoms with Crippen LogP contribution in [-0.2, 0) is 22.3 Å². The van der Waals surface area contributed by atoms with E-state index in [4.69, 9.17) is 14.2 Å². The number of halogens is 1. The Kier molecular flexibility index (Phi) is 10.6. The van der Waals surface area contributed by atoms with E-state index in [1.165, 1.54) is 35.4 Å². The maximum atomic E-state index is 14.6. The summed E-state index contributed by atoms with van der Waals surface area (Å²) < 4.78 is 32.2. The average molecular weight is 578 g/mol. The van der Waals surface area contributed by atoms with Crippen LogP contribution in [0, 0.1) is 5.82 Å². The van der Waals surface area contributed by atoms with Crippen LogP contribution in [-0.4, -0.2) is 60.7 Å². The van der Waals surface area contributed by atoms with Gasteiger partial charge in [-0.05, 0) is 85.4 Å². The number of aliphatic hydroxyl groups excluding tert-OH is 2. The van der Waals surface area contributed by atoms with E-state index in [2.05, 4.69) is 36.4 Å². The van der Waals surface area contributed by atoms with Gasteiger partial charge in [-0.25, -0.2) is 4.39 Å². The van der Waals surface area contributed by atoms with Gasteiger partial charge >= 0.3 is 0 Å². The molecule has 226 valence electrons. The molecule has 0 saturated carbocycles. The number of hydrogen-bond donors (Lipinski definition) is 2. The number of hydrogen-bond acceptors (Lipinski definition) is 6. The zero-order chi connectivity index (χ0) is 29.5. The normalized spacial score (nSPS) is 20.4. The number of fused-ring (bicyclic) bond motifs is 2. The van der Waals surface area contributed by atoms with Gasteiger partial charge in [-0.3, -0.25) is 4.90 Å². The van der Waals surface area contributed by atoms with Gasteiger partial charge in [0.05, 0.1) is 44.7 Å². The van der Waals surface area contributed by atoms with E-state index in [-0.39, 0.29) is 50.3 Å². The van der Waals surface area contributed by atoms with Gasteiger partial charge in [0.1, 0.15) is 0 Å². The van der Waals surface area contributed by atoms with Crippen molar-refractivity contribution in [2.24, 2.45) is 0 Å². The largest absolute Gasteiger partial charge is 0.494 e. The van der Waals surface area contributed by atoms with E-state index < -0.39 is 18.0 Å². The lowest BCUT2D eigenvalue weighted by molar-refractivity contribution is -0.0524. The zero-order valence-corrected chi connectivity index (χ0v) is 24.8. The molecule has 5 rings (SSSR count). The van der Waals surface area contributed by atoms with E-state index in [1.54, 1.807) is 6.07 Å². The summed E-state index contributed by atoms with van der Waals surface area (Å²) in [6.07, 6.45) is 4.41. The Morgan fingerprint density at radius 2 is 1.33 bits per heavy atom. The van der Waals surface area contributed by atoms with Gasteiger partial charge in [0.2, 0.25) is 0 Å². The minimum absolute atomic E-state index is 0.0384. The molecule has 0 radical (unpaired) electrons. The molecule has 0 aliphatic heterocycles. The SMILES string of the molecule is COc1ccc([C@H](C)N(C[C@H](O)CO[C@@H]2CCCc3ccccc32)C[C@@H](O)CO[C@H]2CCCc3ccccc32)cc1F. The van der Waals surface area contributed by atoms with Crippen molar-refractivity contribution in [3.63, 3.8) is 0 Å². The van der Waals surface area contributed by atoms with Crippen LogP contribution in [0.3, 0.4) is 0 Å². The molecule has 42 heavy (non-hydrogen) atoms. The molecule has 0 heterocycles. The fraction of sp³-hybridized carbons (Fsp3) is 0.486. The van der Waals surface area contributed by atoms with Gasteiger partial charge in [-0.2, -0.15) is 0 Å². The Morgan fingerprint density at radius 3 is 1.83 bits per heavy atom. The zero-order valence-electron chi connectivity index (χ0n) is 24.8. The lowest BCUT2D eigenvalue weighted by Crippen LogP contribution is -2.42. The summed E-state index contributed by atoms with van der Waals surface area (Å²) in [5.41, 5.74) is 5.75. The summed E-state index contributed by atoms with van der Waals surface area (Å²) in [4.78, 5) is 1.98. The van der Waals surface area contributed by atoms with Gasteiger partial charge < -0.3 is 24.4 Å². The molecule has 0 aromatic heterocycles. The summed E-state index contributed by atoms with van der Waals surface area (Å²) >= 11 is 0. The van der Waals surface area contributed by atoms with Crippen molar-refractivity contribution in [1.29, 1.82) is 0 Å². The molecule has 7 heteroatoms. The summed E-state index contributed by atoms with van der Waals surface area (Å²) in [6.45, 7) is 2.81. The number of methoxy groups -OCH3 is 1. The van der Waals surface area contributed by atoms with Crippen molar-refractivity contribution in [3.05, 3.63) is 100 Å². The molecule has 3 aromatic carbocycles. The second-order valence-corrected chi connectivity index (χ2v) is 11.7. The minimum atomic E-state index is -0.789. The maximum Gasteiger partial charge on any atom is 0.165 e. The standard InChI is InChI=1S/C35H44FNO5/c1-24(27-17-18-35(40-2)32(36)19-27)37(20-28(38)22-41-33-15-7-11-25-9-3-5-13-30(25)33)21-29(39)23-42-34-16-8-12-26-10-4-6-14-31(26)34/h3-6,9-10,13-14,17-19,24,28-29,33-34,38-39H,7-8,11-12,15-16,20-23H2,1-2H3/t24-,28-,29+,33+,34-/m0/s1. The second-order valence-electron chi connectivity index (χ2n) is 11.7. The van der Waals surface area contributed by atoms with E-state index >= 15 is 0 Å². The smallest absolute Gasteiger partial charge is 0.165 e. The maximum absolute atomic E-state index is 14.6. The summed E-state index contributed by atoms with van der Waals surface area (Å²) in [5, 5.41) is 22.2. The van der Waals surface area contributed by atoms with Crippen molar-refractivity contribution >= 4 is 0 Å². The molecule has 0 unspecified atom stereocenters. The van der Waals surface area contributed by atoms with Gasteiger partial charge in [0, 0.05) is 19.1 Å². The Balaban J connectivity index is 1.24. The highest BCUT2D eigenvalue weighted by Crippen LogP contribution is 2.34. The fourth-order valence-electron chi connectivity index (χ4n) is 6.41. The first-order valence-electron chi connectivity index (χ1n) is 15.2. The van der Waals surface area contributed by atoms with Gasteiger partial charge in [0.15, 0.2) is 11.6 Å². The van der Waals surface area contributed by atoms with Crippen molar-refractivity contribution in [3.8, 4) is 5.75 Å². The third-order valence-electron chi connectivity index (χ3n) is 8.70. The lowest BCUT2D eigenvalue weighted by atomic mass is 9.89. The highest BCUT2D eigenvalue weighted by atomic mass is 19.1.